The number of H-pyrrole nitrogens is 1. The Balaban J connectivity index is 1.53. The van der Waals surface area contributed by atoms with E-state index in [1.807, 2.05) is 21.3 Å². The lowest BCUT2D eigenvalue weighted by atomic mass is 9.92. The number of para-hydroxylation sites is 1. The fraction of sp³-hybridized carbons (Fsp3) is 0.323. The van der Waals surface area contributed by atoms with Gasteiger partial charge in [0.1, 0.15) is 5.69 Å². The summed E-state index contributed by atoms with van der Waals surface area (Å²) < 4.78 is 3.81. The minimum absolute atomic E-state index is 0.00387. The summed E-state index contributed by atoms with van der Waals surface area (Å²) in [6.07, 6.45) is 5.58. The highest BCUT2D eigenvalue weighted by Gasteiger charge is 2.20. The van der Waals surface area contributed by atoms with Gasteiger partial charge in [-0.05, 0) is 51.8 Å². The molecule has 0 fully saturated rings. The number of tetrazole rings is 1. The lowest BCUT2D eigenvalue weighted by Crippen LogP contribution is -2.26. The molecule has 200 valence electrons. The van der Waals surface area contributed by atoms with Crippen LogP contribution < -0.4 is 5.69 Å². The maximum Gasteiger partial charge on any atom is 0.333 e. The van der Waals surface area contributed by atoms with Crippen molar-refractivity contribution in [3.05, 3.63) is 99.9 Å². The van der Waals surface area contributed by atoms with Crippen LogP contribution in [0.2, 0.25) is 0 Å². The largest absolute Gasteiger partial charge is 0.333 e. The number of imidazole rings is 1. The minimum Gasteiger partial charge on any atom is -0.292 e. The lowest BCUT2D eigenvalue weighted by Gasteiger charge is -2.19. The van der Waals surface area contributed by atoms with Gasteiger partial charge in [-0.2, -0.15) is 5.21 Å². The molecule has 5 rings (SSSR count). The van der Waals surface area contributed by atoms with E-state index >= 15 is 0 Å². The van der Waals surface area contributed by atoms with Gasteiger partial charge in [0, 0.05) is 23.7 Å². The van der Waals surface area contributed by atoms with Crippen LogP contribution in [0.5, 0.6) is 0 Å². The second-order valence-electron chi connectivity index (χ2n) is 10.5. The van der Waals surface area contributed by atoms with E-state index in [1.54, 1.807) is 6.20 Å². The number of rotatable bonds is 9. The van der Waals surface area contributed by atoms with E-state index in [0.717, 1.165) is 40.9 Å². The molecular weight excluding hydrogens is 486 g/mol. The van der Waals surface area contributed by atoms with Crippen LogP contribution in [0, 0.1) is 0 Å². The Morgan fingerprint density at radius 1 is 0.923 bits per heavy atom. The highest BCUT2D eigenvalue weighted by Crippen LogP contribution is 2.31. The molecule has 0 saturated carbocycles. The number of pyridine rings is 1. The third-order valence-corrected chi connectivity index (χ3v) is 7.12. The van der Waals surface area contributed by atoms with Crippen molar-refractivity contribution in [2.45, 2.75) is 65.8 Å². The summed E-state index contributed by atoms with van der Waals surface area (Å²) >= 11 is 0. The van der Waals surface area contributed by atoms with Crippen LogP contribution >= 0.6 is 0 Å². The summed E-state index contributed by atoms with van der Waals surface area (Å²) in [5.41, 5.74) is 8.12. The van der Waals surface area contributed by atoms with Crippen LogP contribution in [-0.2, 0) is 13.0 Å². The second kappa shape index (κ2) is 11.2. The quantitative estimate of drug-likeness (QED) is 0.252. The number of benzene rings is 2. The number of hydrogen-bond acceptors (Lipinski definition) is 5. The van der Waals surface area contributed by atoms with Crippen molar-refractivity contribution in [3.8, 4) is 28.3 Å². The van der Waals surface area contributed by atoms with Gasteiger partial charge in [0.15, 0.2) is 0 Å². The molecule has 0 aliphatic rings. The van der Waals surface area contributed by atoms with E-state index in [-0.39, 0.29) is 5.69 Å². The van der Waals surface area contributed by atoms with E-state index in [9.17, 15) is 4.79 Å². The summed E-state index contributed by atoms with van der Waals surface area (Å²) in [5.74, 6) is 1.07. The smallest absolute Gasteiger partial charge is 0.292 e. The molecule has 0 aliphatic heterocycles. The molecule has 1 N–H and O–H groups in total. The van der Waals surface area contributed by atoms with Crippen LogP contribution in [-0.4, -0.2) is 34.7 Å². The first-order valence-corrected chi connectivity index (χ1v) is 13.6. The molecule has 0 radical (unpaired) electrons. The molecule has 39 heavy (non-hydrogen) atoms. The van der Waals surface area contributed by atoms with E-state index in [2.05, 4.69) is 109 Å². The number of nitrogens with zero attached hydrogens (tertiary/aromatic N) is 6. The monoisotopic (exact) mass is 521 g/mol. The Morgan fingerprint density at radius 2 is 1.64 bits per heavy atom. The van der Waals surface area contributed by atoms with Crippen LogP contribution in [0.4, 0.5) is 0 Å². The number of aryl methyl sites for hydroxylation is 1. The molecule has 8 nitrogen and oxygen atoms in total. The zero-order chi connectivity index (χ0) is 27.5. The Labute approximate surface area is 228 Å². The van der Waals surface area contributed by atoms with Crippen molar-refractivity contribution in [3.63, 3.8) is 0 Å². The van der Waals surface area contributed by atoms with Crippen molar-refractivity contribution in [2.75, 3.05) is 0 Å². The molecule has 3 heterocycles. The standard InChI is InChI=1S/C31H35N7O/c1-6-9-24-19-38(29-25(20(2)3)10-7-11-26(29)21(4)5)31(39)37(24)18-22-13-15-23(16-14-22)27-12-8-17-32-28(27)30-33-35-36-34-30/h7-8,10-17,19-21H,6,9,18H2,1-5H3,(H,33,34,35,36). The first kappa shape index (κ1) is 26.3. The third kappa shape index (κ3) is 5.19. The normalized spacial score (nSPS) is 11.6. The van der Waals surface area contributed by atoms with Crippen LogP contribution in [0.25, 0.3) is 28.3 Å². The predicted octanol–water partition coefficient (Wildman–Crippen LogP) is 6.13. The zero-order valence-corrected chi connectivity index (χ0v) is 23.2. The highest BCUT2D eigenvalue weighted by atomic mass is 16.1. The highest BCUT2D eigenvalue weighted by molar-refractivity contribution is 5.77. The number of nitrogens with one attached hydrogen (secondary N) is 1. The molecule has 0 bridgehead atoms. The molecule has 3 aromatic heterocycles. The van der Waals surface area contributed by atoms with Crippen molar-refractivity contribution >= 4 is 0 Å². The summed E-state index contributed by atoms with van der Waals surface area (Å²) in [5, 5.41) is 14.3. The van der Waals surface area contributed by atoms with Gasteiger partial charge in [-0.15, -0.1) is 10.2 Å². The Kier molecular flexibility index (Phi) is 7.54. The van der Waals surface area contributed by atoms with Gasteiger partial charge in [0.2, 0.25) is 5.82 Å². The van der Waals surface area contributed by atoms with Gasteiger partial charge >= 0.3 is 5.69 Å². The van der Waals surface area contributed by atoms with Gasteiger partial charge in [0.25, 0.3) is 0 Å². The second-order valence-corrected chi connectivity index (χ2v) is 10.5. The average molecular weight is 522 g/mol. The predicted molar refractivity (Wildman–Crippen MR) is 154 cm³/mol. The molecule has 0 unspecified atom stereocenters. The first-order valence-electron chi connectivity index (χ1n) is 13.6. The number of aromatic amines is 1. The molecule has 0 aliphatic carbocycles. The fourth-order valence-electron chi connectivity index (χ4n) is 5.15. The van der Waals surface area contributed by atoms with Crippen LogP contribution in [0.1, 0.15) is 75.3 Å². The van der Waals surface area contributed by atoms with E-state index < -0.39 is 0 Å². The van der Waals surface area contributed by atoms with E-state index in [0.29, 0.717) is 29.9 Å². The van der Waals surface area contributed by atoms with Gasteiger partial charge in [-0.25, -0.2) is 4.79 Å². The maximum absolute atomic E-state index is 14.0. The summed E-state index contributed by atoms with van der Waals surface area (Å²) in [4.78, 5) is 18.4. The molecule has 0 atom stereocenters. The topological polar surface area (TPSA) is 94.3 Å². The van der Waals surface area contributed by atoms with Gasteiger partial charge in [0.05, 0.1) is 12.2 Å². The first-order chi connectivity index (χ1) is 18.9. The number of aromatic nitrogens is 7. The molecule has 0 saturated heterocycles. The van der Waals surface area contributed by atoms with Crippen molar-refractivity contribution in [1.29, 1.82) is 0 Å². The molecular formula is C31H35N7O. The van der Waals surface area contributed by atoms with Gasteiger partial charge in [-0.1, -0.05) is 89.6 Å². The minimum atomic E-state index is 0.00387. The van der Waals surface area contributed by atoms with Crippen LogP contribution in [0.3, 0.4) is 0 Å². The Morgan fingerprint density at radius 3 is 2.26 bits per heavy atom. The fourth-order valence-corrected chi connectivity index (χ4v) is 5.15. The summed E-state index contributed by atoms with van der Waals surface area (Å²) in [6.45, 7) is 11.4. The molecule has 0 amide bonds. The maximum atomic E-state index is 14.0. The van der Waals surface area contributed by atoms with E-state index in [1.165, 1.54) is 11.1 Å². The molecule has 5 aromatic rings. The van der Waals surface area contributed by atoms with Crippen molar-refractivity contribution in [2.24, 2.45) is 0 Å². The van der Waals surface area contributed by atoms with Crippen molar-refractivity contribution in [1.82, 2.24) is 34.7 Å². The third-order valence-electron chi connectivity index (χ3n) is 7.12. The summed E-state index contributed by atoms with van der Waals surface area (Å²) in [6, 6.07) is 18.6. The molecule has 2 aromatic carbocycles. The average Bonchev–Trinajstić information content (AvgIpc) is 3.58. The Hall–Kier alpha value is -4.33. The number of hydrogen-bond donors (Lipinski definition) is 1. The summed E-state index contributed by atoms with van der Waals surface area (Å²) in [7, 11) is 0. The van der Waals surface area contributed by atoms with Crippen LogP contribution in [0.15, 0.2) is 71.8 Å². The van der Waals surface area contributed by atoms with Gasteiger partial charge < -0.3 is 0 Å². The molecule has 0 spiro atoms. The lowest BCUT2D eigenvalue weighted by molar-refractivity contribution is 0.688. The van der Waals surface area contributed by atoms with Crippen molar-refractivity contribution < 1.29 is 0 Å². The molecule has 8 heteroatoms. The Bertz CT molecular complexity index is 1580. The van der Waals surface area contributed by atoms with Gasteiger partial charge in [-0.3, -0.25) is 14.1 Å². The zero-order valence-electron chi connectivity index (χ0n) is 23.2. The van der Waals surface area contributed by atoms with E-state index in [4.69, 9.17) is 0 Å². The SMILES string of the molecule is CCCc1cn(-c2c(C(C)C)cccc2C(C)C)c(=O)n1Cc1ccc(-c2cccnc2-c2nn[nH]n2)cc1.